The molecule has 1 saturated carbocycles. The molecular formula is C10H21N. The quantitative estimate of drug-likeness (QED) is 0.666. The van der Waals surface area contributed by atoms with Crippen LogP contribution in [0.4, 0.5) is 0 Å². The lowest BCUT2D eigenvalue weighted by molar-refractivity contribution is 0.247. The molecule has 2 N–H and O–H groups in total. The van der Waals surface area contributed by atoms with E-state index >= 15 is 0 Å². The van der Waals surface area contributed by atoms with E-state index in [1.54, 1.807) is 0 Å². The van der Waals surface area contributed by atoms with Crippen molar-refractivity contribution in [1.82, 2.24) is 0 Å². The molecule has 1 fully saturated rings. The van der Waals surface area contributed by atoms with Crippen LogP contribution in [0.1, 0.15) is 45.4 Å². The topological polar surface area (TPSA) is 26.0 Å². The zero-order valence-electron chi connectivity index (χ0n) is 7.68. The van der Waals surface area contributed by atoms with Gasteiger partial charge < -0.3 is 5.73 Å². The Bertz CT molecular complexity index is 91.0. The van der Waals surface area contributed by atoms with Gasteiger partial charge in [0.2, 0.25) is 0 Å². The third-order valence-electron chi connectivity index (χ3n) is 3.14. The van der Waals surface area contributed by atoms with Crippen molar-refractivity contribution in [3.8, 4) is 0 Å². The van der Waals surface area contributed by atoms with E-state index in [1.165, 1.54) is 38.5 Å². The van der Waals surface area contributed by atoms with Gasteiger partial charge in [0.1, 0.15) is 0 Å². The minimum absolute atomic E-state index is 0.815. The molecule has 1 nitrogen and oxygen atoms in total. The van der Waals surface area contributed by atoms with E-state index in [9.17, 15) is 0 Å². The molecule has 1 atom stereocenters. The van der Waals surface area contributed by atoms with E-state index in [0.29, 0.717) is 0 Å². The first-order valence-electron chi connectivity index (χ1n) is 5.08. The second kappa shape index (κ2) is 4.76. The lowest BCUT2D eigenvalue weighted by atomic mass is 9.79. The first-order valence-corrected chi connectivity index (χ1v) is 5.08. The fourth-order valence-corrected chi connectivity index (χ4v) is 2.30. The lowest BCUT2D eigenvalue weighted by Gasteiger charge is -2.28. The van der Waals surface area contributed by atoms with E-state index in [-0.39, 0.29) is 0 Å². The van der Waals surface area contributed by atoms with Crippen molar-refractivity contribution in [2.45, 2.75) is 45.4 Å². The molecule has 11 heavy (non-hydrogen) atoms. The summed E-state index contributed by atoms with van der Waals surface area (Å²) < 4.78 is 0. The molecule has 0 saturated heterocycles. The zero-order valence-corrected chi connectivity index (χ0v) is 7.68. The molecule has 0 amide bonds. The number of rotatable bonds is 3. The van der Waals surface area contributed by atoms with Gasteiger partial charge in [-0.2, -0.15) is 0 Å². The highest BCUT2D eigenvalue weighted by Crippen LogP contribution is 2.30. The van der Waals surface area contributed by atoms with Crippen molar-refractivity contribution in [1.29, 1.82) is 0 Å². The van der Waals surface area contributed by atoms with Crippen LogP contribution in [0.5, 0.6) is 0 Å². The van der Waals surface area contributed by atoms with Gasteiger partial charge in [-0.05, 0) is 18.4 Å². The Morgan fingerprint density at radius 1 is 1.27 bits per heavy atom. The molecule has 1 unspecified atom stereocenters. The summed E-state index contributed by atoms with van der Waals surface area (Å²) in [6.45, 7) is 3.17. The molecule has 66 valence electrons. The highest BCUT2D eigenvalue weighted by atomic mass is 14.6. The van der Waals surface area contributed by atoms with Gasteiger partial charge in [-0.25, -0.2) is 0 Å². The molecule has 0 heterocycles. The van der Waals surface area contributed by atoms with Crippen molar-refractivity contribution in [3.63, 3.8) is 0 Å². The van der Waals surface area contributed by atoms with Gasteiger partial charge in [0.25, 0.3) is 0 Å². The molecule has 0 aromatic heterocycles. The van der Waals surface area contributed by atoms with Gasteiger partial charge in [-0.1, -0.05) is 45.4 Å². The van der Waals surface area contributed by atoms with E-state index < -0.39 is 0 Å². The summed E-state index contributed by atoms with van der Waals surface area (Å²) in [5.74, 6) is 1.77. The predicted molar refractivity (Wildman–Crippen MR) is 49.4 cm³/mol. The Labute approximate surface area is 70.4 Å². The third kappa shape index (κ3) is 2.48. The van der Waals surface area contributed by atoms with Crippen molar-refractivity contribution in [2.24, 2.45) is 17.6 Å². The van der Waals surface area contributed by atoms with Crippen molar-refractivity contribution in [3.05, 3.63) is 0 Å². The van der Waals surface area contributed by atoms with Crippen molar-refractivity contribution in [2.75, 3.05) is 6.54 Å². The molecule has 0 aromatic carbocycles. The van der Waals surface area contributed by atoms with E-state index in [1.807, 2.05) is 0 Å². The summed E-state index contributed by atoms with van der Waals surface area (Å²) >= 11 is 0. The van der Waals surface area contributed by atoms with E-state index in [0.717, 1.165) is 18.4 Å². The highest BCUT2D eigenvalue weighted by Gasteiger charge is 2.20. The number of hydrogen-bond donors (Lipinski definition) is 1. The Morgan fingerprint density at radius 3 is 2.36 bits per heavy atom. The maximum Gasteiger partial charge on any atom is -0.00463 e. The van der Waals surface area contributed by atoms with Gasteiger partial charge in [0.15, 0.2) is 0 Å². The molecule has 0 aromatic rings. The van der Waals surface area contributed by atoms with Gasteiger partial charge in [-0.3, -0.25) is 0 Å². The molecular weight excluding hydrogens is 134 g/mol. The molecule has 0 bridgehead atoms. The molecule has 1 aliphatic carbocycles. The van der Waals surface area contributed by atoms with Crippen LogP contribution >= 0.6 is 0 Å². The average molecular weight is 155 g/mol. The Hall–Kier alpha value is -0.0400. The van der Waals surface area contributed by atoms with Crippen LogP contribution in [0.15, 0.2) is 0 Å². The molecule has 1 aliphatic rings. The maximum absolute atomic E-state index is 5.71. The van der Waals surface area contributed by atoms with Crippen LogP contribution in [0, 0.1) is 11.8 Å². The Morgan fingerprint density at radius 2 is 1.91 bits per heavy atom. The number of nitrogens with two attached hydrogens (primary N) is 1. The molecule has 0 aliphatic heterocycles. The van der Waals surface area contributed by atoms with Crippen LogP contribution in [-0.2, 0) is 0 Å². The van der Waals surface area contributed by atoms with Gasteiger partial charge in [0.05, 0.1) is 0 Å². The summed E-state index contributed by atoms with van der Waals surface area (Å²) in [5, 5.41) is 0. The SMILES string of the molecule is CCC(CN)C1CCCCC1. The molecule has 1 rings (SSSR count). The summed E-state index contributed by atoms with van der Waals surface area (Å²) in [7, 11) is 0. The third-order valence-corrected chi connectivity index (χ3v) is 3.14. The fraction of sp³-hybridized carbons (Fsp3) is 1.00. The molecule has 0 spiro atoms. The molecule has 0 radical (unpaired) electrons. The normalized spacial score (nSPS) is 23.5. The van der Waals surface area contributed by atoms with Crippen LogP contribution in [0.2, 0.25) is 0 Å². The summed E-state index contributed by atoms with van der Waals surface area (Å²) in [6, 6.07) is 0. The van der Waals surface area contributed by atoms with E-state index in [2.05, 4.69) is 6.92 Å². The lowest BCUT2D eigenvalue weighted by Crippen LogP contribution is -2.24. The minimum Gasteiger partial charge on any atom is -0.330 e. The maximum atomic E-state index is 5.71. The largest absolute Gasteiger partial charge is 0.330 e. The van der Waals surface area contributed by atoms with Gasteiger partial charge in [0, 0.05) is 0 Å². The zero-order chi connectivity index (χ0) is 8.10. The fourth-order valence-electron chi connectivity index (χ4n) is 2.30. The van der Waals surface area contributed by atoms with E-state index in [4.69, 9.17) is 5.73 Å². The Kier molecular flexibility index (Phi) is 3.92. The van der Waals surface area contributed by atoms with Crippen LogP contribution in [0.25, 0.3) is 0 Å². The first-order chi connectivity index (χ1) is 5.38. The van der Waals surface area contributed by atoms with Crippen molar-refractivity contribution < 1.29 is 0 Å². The standard InChI is InChI=1S/C10H21N/c1-2-9(8-11)10-6-4-3-5-7-10/h9-10H,2-8,11H2,1H3. The van der Waals surface area contributed by atoms with Gasteiger partial charge >= 0.3 is 0 Å². The Balaban J connectivity index is 2.30. The summed E-state index contributed by atoms with van der Waals surface area (Å²) in [6.07, 6.45) is 8.51. The summed E-state index contributed by atoms with van der Waals surface area (Å²) in [5.41, 5.74) is 5.71. The summed E-state index contributed by atoms with van der Waals surface area (Å²) in [4.78, 5) is 0. The minimum atomic E-state index is 0.815. The van der Waals surface area contributed by atoms with Crippen LogP contribution in [-0.4, -0.2) is 6.54 Å². The highest BCUT2D eigenvalue weighted by molar-refractivity contribution is 4.73. The average Bonchev–Trinajstić information content (AvgIpc) is 2.09. The van der Waals surface area contributed by atoms with Crippen LogP contribution in [0.3, 0.4) is 0 Å². The van der Waals surface area contributed by atoms with Crippen LogP contribution < -0.4 is 5.73 Å². The monoisotopic (exact) mass is 155 g/mol. The predicted octanol–water partition coefficient (Wildman–Crippen LogP) is 2.55. The van der Waals surface area contributed by atoms with Gasteiger partial charge in [-0.15, -0.1) is 0 Å². The van der Waals surface area contributed by atoms with Crippen molar-refractivity contribution >= 4 is 0 Å². The first kappa shape index (κ1) is 9.05. The number of hydrogen-bond acceptors (Lipinski definition) is 1. The second-order valence-electron chi connectivity index (χ2n) is 3.80. The smallest absolute Gasteiger partial charge is 0.00463 e. The molecule has 1 heteroatoms. The second-order valence-corrected chi connectivity index (χ2v) is 3.80.